The topological polar surface area (TPSA) is 18.5 Å². The highest BCUT2D eigenvalue weighted by molar-refractivity contribution is 6.44. The standard InChI is InChI=1S/C6H16O2Si.C4H10/c1-6(2)5-9(7-3)8-4;1-3-4-2/h6,9H,5H2,1-4H3;3-4H2,1-2H3. The molecule has 13 heavy (non-hydrogen) atoms. The zero-order valence-electron chi connectivity index (χ0n) is 10.1. The number of hydrogen-bond acceptors (Lipinski definition) is 2. The molecular formula is C10H26O2Si. The van der Waals surface area contributed by atoms with Crippen molar-refractivity contribution in [3.05, 3.63) is 0 Å². The lowest BCUT2D eigenvalue weighted by Gasteiger charge is -2.12. The van der Waals surface area contributed by atoms with E-state index in [0.29, 0.717) is 5.92 Å². The molecule has 0 aromatic carbocycles. The Morgan fingerprint density at radius 1 is 1.00 bits per heavy atom. The van der Waals surface area contributed by atoms with E-state index in [0.717, 1.165) is 6.04 Å². The zero-order chi connectivity index (χ0) is 10.7. The van der Waals surface area contributed by atoms with Crippen molar-refractivity contribution in [2.24, 2.45) is 5.92 Å². The molecule has 0 aromatic rings. The summed E-state index contributed by atoms with van der Waals surface area (Å²) in [7, 11) is 2.20. The highest BCUT2D eigenvalue weighted by Crippen LogP contribution is 2.05. The van der Waals surface area contributed by atoms with E-state index in [-0.39, 0.29) is 0 Å². The smallest absolute Gasteiger partial charge is 0.321 e. The van der Waals surface area contributed by atoms with Gasteiger partial charge < -0.3 is 8.85 Å². The molecule has 0 fully saturated rings. The molecule has 3 heteroatoms. The van der Waals surface area contributed by atoms with E-state index in [2.05, 4.69) is 27.7 Å². The first kappa shape index (κ1) is 15.6. The van der Waals surface area contributed by atoms with E-state index in [9.17, 15) is 0 Å². The maximum absolute atomic E-state index is 5.13. The largest absolute Gasteiger partial charge is 0.400 e. The Morgan fingerprint density at radius 2 is 1.38 bits per heavy atom. The fraction of sp³-hybridized carbons (Fsp3) is 1.00. The van der Waals surface area contributed by atoms with E-state index in [1.807, 2.05) is 0 Å². The average Bonchev–Trinajstić information content (AvgIpc) is 2.14. The SMILES string of the molecule is CCCC.CO[SiH](CC(C)C)OC. The fourth-order valence-electron chi connectivity index (χ4n) is 0.674. The van der Waals surface area contributed by atoms with E-state index in [1.54, 1.807) is 14.2 Å². The first-order valence-corrected chi connectivity index (χ1v) is 6.93. The van der Waals surface area contributed by atoms with Crippen LogP contribution >= 0.6 is 0 Å². The van der Waals surface area contributed by atoms with Crippen molar-refractivity contribution in [2.45, 2.75) is 46.6 Å². The summed E-state index contributed by atoms with van der Waals surface area (Å²) in [6.07, 6.45) is 2.64. The highest BCUT2D eigenvalue weighted by atomic mass is 28.3. The van der Waals surface area contributed by atoms with Crippen molar-refractivity contribution >= 4 is 9.28 Å². The Hall–Kier alpha value is 0.137. The predicted octanol–water partition coefficient (Wildman–Crippen LogP) is 2.96. The number of hydrogen-bond donors (Lipinski definition) is 0. The second-order valence-electron chi connectivity index (χ2n) is 3.53. The highest BCUT2D eigenvalue weighted by Gasteiger charge is 2.10. The molecule has 0 amide bonds. The van der Waals surface area contributed by atoms with Gasteiger partial charge >= 0.3 is 9.28 Å². The van der Waals surface area contributed by atoms with Crippen LogP contribution in [0, 0.1) is 5.92 Å². The molecule has 0 aliphatic heterocycles. The van der Waals surface area contributed by atoms with Crippen molar-refractivity contribution in [1.82, 2.24) is 0 Å². The Kier molecular flexibility index (Phi) is 14.6. The summed E-state index contributed by atoms with van der Waals surface area (Å²) in [5.41, 5.74) is 0. The van der Waals surface area contributed by atoms with Crippen LogP contribution in [0.3, 0.4) is 0 Å². The minimum Gasteiger partial charge on any atom is -0.400 e. The maximum Gasteiger partial charge on any atom is 0.321 e. The van der Waals surface area contributed by atoms with Gasteiger partial charge in [0, 0.05) is 14.2 Å². The Balaban J connectivity index is 0. The van der Waals surface area contributed by atoms with Crippen molar-refractivity contribution in [1.29, 1.82) is 0 Å². The molecule has 0 rings (SSSR count). The van der Waals surface area contributed by atoms with Gasteiger partial charge in [0.1, 0.15) is 0 Å². The van der Waals surface area contributed by atoms with Crippen molar-refractivity contribution in [3.63, 3.8) is 0 Å². The average molecular weight is 206 g/mol. The van der Waals surface area contributed by atoms with E-state index in [4.69, 9.17) is 8.85 Å². The lowest BCUT2D eigenvalue weighted by atomic mass is 10.3. The predicted molar refractivity (Wildman–Crippen MR) is 61.4 cm³/mol. The van der Waals surface area contributed by atoms with Gasteiger partial charge in [-0.2, -0.15) is 0 Å². The third-order valence-electron chi connectivity index (χ3n) is 1.69. The second-order valence-corrected chi connectivity index (χ2v) is 5.80. The minimum absolute atomic E-state index is 0.696. The fourth-order valence-corrected chi connectivity index (χ4v) is 2.02. The third-order valence-corrected chi connectivity index (χ3v) is 4.07. The molecule has 0 saturated heterocycles. The summed E-state index contributed by atoms with van der Waals surface area (Å²) >= 11 is 0. The Morgan fingerprint density at radius 3 is 1.46 bits per heavy atom. The molecule has 0 atom stereocenters. The summed E-state index contributed by atoms with van der Waals surface area (Å²) in [6, 6.07) is 1.10. The van der Waals surface area contributed by atoms with Crippen LogP contribution in [-0.2, 0) is 8.85 Å². The van der Waals surface area contributed by atoms with Crippen LogP contribution in [-0.4, -0.2) is 23.5 Å². The summed E-state index contributed by atoms with van der Waals surface area (Å²) in [5, 5.41) is 0. The van der Waals surface area contributed by atoms with Gasteiger partial charge in [0.25, 0.3) is 0 Å². The molecule has 2 nitrogen and oxygen atoms in total. The minimum atomic E-state index is -1.25. The zero-order valence-corrected chi connectivity index (χ0v) is 11.2. The summed E-state index contributed by atoms with van der Waals surface area (Å²) < 4.78 is 10.3. The quantitative estimate of drug-likeness (QED) is 0.644. The monoisotopic (exact) mass is 206 g/mol. The van der Waals surface area contributed by atoms with Crippen molar-refractivity contribution < 1.29 is 8.85 Å². The van der Waals surface area contributed by atoms with Gasteiger partial charge in [0.15, 0.2) is 0 Å². The van der Waals surface area contributed by atoms with Crippen molar-refractivity contribution in [3.8, 4) is 0 Å². The van der Waals surface area contributed by atoms with Gasteiger partial charge in [-0.15, -0.1) is 0 Å². The molecular weight excluding hydrogens is 180 g/mol. The van der Waals surface area contributed by atoms with Crippen molar-refractivity contribution in [2.75, 3.05) is 14.2 Å². The lowest BCUT2D eigenvalue weighted by molar-refractivity contribution is 0.272. The number of rotatable bonds is 5. The summed E-state index contributed by atoms with van der Waals surface area (Å²) in [5.74, 6) is 0.696. The van der Waals surface area contributed by atoms with Gasteiger partial charge in [-0.25, -0.2) is 0 Å². The maximum atomic E-state index is 5.13. The second kappa shape index (κ2) is 12.1. The molecule has 0 bridgehead atoms. The van der Waals surface area contributed by atoms with Crippen LogP contribution in [0.1, 0.15) is 40.5 Å². The van der Waals surface area contributed by atoms with E-state index >= 15 is 0 Å². The normalized spacial score (nSPS) is 10.2. The third kappa shape index (κ3) is 14.9. The van der Waals surface area contributed by atoms with E-state index < -0.39 is 9.28 Å². The summed E-state index contributed by atoms with van der Waals surface area (Å²) in [6.45, 7) is 8.72. The molecule has 0 saturated carbocycles. The molecule has 0 heterocycles. The first-order chi connectivity index (χ1) is 6.12. The van der Waals surface area contributed by atoms with Crippen LogP contribution in [0.4, 0.5) is 0 Å². The van der Waals surface area contributed by atoms with Gasteiger partial charge in [-0.05, 0) is 12.0 Å². The molecule has 82 valence electrons. The molecule has 0 radical (unpaired) electrons. The van der Waals surface area contributed by atoms with Crippen LogP contribution in [0.25, 0.3) is 0 Å². The van der Waals surface area contributed by atoms with Crippen LogP contribution in [0.2, 0.25) is 6.04 Å². The Bertz CT molecular complexity index is 81.0. The molecule has 0 aliphatic carbocycles. The van der Waals surface area contributed by atoms with Gasteiger partial charge in [0.05, 0.1) is 0 Å². The Labute approximate surface area is 85.5 Å². The van der Waals surface area contributed by atoms with Gasteiger partial charge in [-0.1, -0.05) is 40.5 Å². The first-order valence-electron chi connectivity index (χ1n) is 5.17. The molecule has 0 aliphatic rings. The molecule has 0 spiro atoms. The summed E-state index contributed by atoms with van der Waals surface area (Å²) in [4.78, 5) is 0. The van der Waals surface area contributed by atoms with Crippen LogP contribution in [0.15, 0.2) is 0 Å². The molecule has 0 N–H and O–H groups in total. The van der Waals surface area contributed by atoms with Crippen LogP contribution < -0.4 is 0 Å². The van der Waals surface area contributed by atoms with E-state index in [1.165, 1.54) is 12.8 Å². The molecule has 0 unspecified atom stereocenters. The number of unbranched alkanes of at least 4 members (excludes halogenated alkanes) is 1. The van der Waals surface area contributed by atoms with Gasteiger partial charge in [-0.3, -0.25) is 0 Å². The van der Waals surface area contributed by atoms with Gasteiger partial charge in [0.2, 0.25) is 0 Å². The van der Waals surface area contributed by atoms with Crippen LogP contribution in [0.5, 0.6) is 0 Å². The molecule has 0 aromatic heterocycles. The lowest BCUT2D eigenvalue weighted by Crippen LogP contribution is -2.20.